The van der Waals surface area contributed by atoms with Crippen LogP contribution in [0.4, 0.5) is 8.78 Å². The number of ether oxygens (including phenoxy) is 2. The molecule has 9 nitrogen and oxygen atoms in total. The summed E-state index contributed by atoms with van der Waals surface area (Å²) in [5, 5.41) is 48.0. The zero-order valence-corrected chi connectivity index (χ0v) is 15.0. The average Bonchev–Trinajstić information content (AvgIpc) is 2.68. The number of aliphatic hydroxyl groups is 3. The maximum atomic E-state index is 14.0. The largest absolute Gasteiger partial charge is 0.479 e. The number of aliphatic hydroxyl groups excluding tert-OH is 3. The van der Waals surface area contributed by atoms with E-state index in [2.05, 4.69) is 0 Å². The molecule has 1 heterocycles. The van der Waals surface area contributed by atoms with E-state index < -0.39 is 59.8 Å². The van der Waals surface area contributed by atoms with Gasteiger partial charge in [0.15, 0.2) is 6.10 Å². The molecule has 1 fully saturated rings. The number of hydrogen-bond donors (Lipinski definition) is 5. The van der Waals surface area contributed by atoms with Crippen molar-refractivity contribution >= 4 is 11.9 Å². The molecule has 0 aromatic heterocycles. The second-order valence-corrected chi connectivity index (χ2v) is 6.49. The molecule has 0 spiro atoms. The van der Waals surface area contributed by atoms with E-state index in [1.807, 2.05) is 0 Å². The molecule has 1 saturated heterocycles. The number of carboxylic acids is 2. The van der Waals surface area contributed by atoms with Crippen LogP contribution in [0.5, 0.6) is 5.75 Å². The van der Waals surface area contributed by atoms with Crippen LogP contribution in [-0.2, 0) is 9.53 Å². The fraction of sp³-hybridized carbons (Fsp3) is 0.263. The molecule has 5 N–H and O–H groups in total. The first kappa shape index (κ1) is 21.6. The molecular formula is C19H16F2O9. The summed E-state index contributed by atoms with van der Waals surface area (Å²) in [4.78, 5) is 22.8. The topological polar surface area (TPSA) is 154 Å². The van der Waals surface area contributed by atoms with Crippen molar-refractivity contribution in [3.63, 3.8) is 0 Å². The molecule has 0 saturated carbocycles. The van der Waals surface area contributed by atoms with Crippen LogP contribution in [0.2, 0.25) is 0 Å². The normalized spacial score (nSPS) is 26.2. The Morgan fingerprint density at radius 3 is 2.23 bits per heavy atom. The molecule has 5 atom stereocenters. The lowest BCUT2D eigenvalue weighted by atomic mass is 9.98. The minimum atomic E-state index is -1.94. The van der Waals surface area contributed by atoms with Gasteiger partial charge in [0.1, 0.15) is 41.3 Å². The number of rotatable bonds is 5. The standard InChI is InChI=1S/C19H16F2O9/c20-8-2-3-9(11(21)6-8)7-1-4-12(10(5-7)17(25)26)29-19-15(24)13(22)14(23)16(30-19)18(27)28/h1-6,13-16,19,22-24H,(H,25,26)(H,27,28)/t13-,14-,15-,16-,19+/m0/s1. The van der Waals surface area contributed by atoms with E-state index in [4.69, 9.17) is 14.6 Å². The minimum absolute atomic E-state index is 0.0797. The van der Waals surface area contributed by atoms with E-state index >= 15 is 0 Å². The van der Waals surface area contributed by atoms with E-state index in [0.717, 1.165) is 24.3 Å². The van der Waals surface area contributed by atoms with Gasteiger partial charge >= 0.3 is 11.9 Å². The SMILES string of the molecule is O=C(O)c1cc(-c2ccc(F)cc2F)ccc1O[C@@H]1O[C@H](C(=O)O)[C@@H](O)[C@H](O)[C@@H]1O. The average molecular weight is 426 g/mol. The Bertz CT molecular complexity index is 980. The van der Waals surface area contributed by atoms with Crippen molar-refractivity contribution in [1.29, 1.82) is 0 Å². The Morgan fingerprint density at radius 1 is 0.933 bits per heavy atom. The molecular weight excluding hydrogens is 410 g/mol. The van der Waals surface area contributed by atoms with Crippen LogP contribution < -0.4 is 4.74 Å². The highest BCUT2D eigenvalue weighted by molar-refractivity contribution is 5.92. The van der Waals surface area contributed by atoms with Crippen molar-refractivity contribution in [1.82, 2.24) is 0 Å². The lowest BCUT2D eigenvalue weighted by Gasteiger charge is -2.38. The van der Waals surface area contributed by atoms with Gasteiger partial charge in [-0.05, 0) is 29.8 Å². The molecule has 0 aliphatic carbocycles. The zero-order chi connectivity index (χ0) is 22.2. The van der Waals surface area contributed by atoms with Crippen LogP contribution in [0, 0.1) is 11.6 Å². The molecule has 2 aromatic carbocycles. The Balaban J connectivity index is 1.94. The van der Waals surface area contributed by atoms with Gasteiger partial charge in [0.2, 0.25) is 6.29 Å². The van der Waals surface area contributed by atoms with E-state index in [0.29, 0.717) is 6.07 Å². The zero-order valence-electron chi connectivity index (χ0n) is 15.0. The summed E-state index contributed by atoms with van der Waals surface area (Å²) in [6.45, 7) is 0. The monoisotopic (exact) mass is 426 g/mol. The van der Waals surface area contributed by atoms with Gasteiger partial charge in [-0.2, -0.15) is 0 Å². The van der Waals surface area contributed by atoms with Crippen LogP contribution in [-0.4, -0.2) is 68.2 Å². The Kier molecular flexibility index (Phi) is 5.99. The lowest BCUT2D eigenvalue weighted by Crippen LogP contribution is -2.61. The van der Waals surface area contributed by atoms with Gasteiger partial charge in [-0.3, -0.25) is 0 Å². The predicted octanol–water partition coefficient (Wildman–Crippen LogP) is 0.601. The quantitative estimate of drug-likeness (QED) is 0.462. The molecule has 2 aromatic rings. The maximum absolute atomic E-state index is 14.0. The lowest BCUT2D eigenvalue weighted by molar-refractivity contribution is -0.271. The van der Waals surface area contributed by atoms with Crippen LogP contribution in [0.1, 0.15) is 10.4 Å². The molecule has 0 amide bonds. The number of aliphatic carboxylic acids is 1. The van der Waals surface area contributed by atoms with E-state index in [1.54, 1.807) is 0 Å². The highest BCUT2D eigenvalue weighted by Crippen LogP contribution is 2.31. The van der Waals surface area contributed by atoms with Crippen LogP contribution >= 0.6 is 0 Å². The van der Waals surface area contributed by atoms with Crippen molar-refractivity contribution < 1.29 is 53.4 Å². The summed E-state index contributed by atoms with van der Waals surface area (Å²) >= 11 is 0. The predicted molar refractivity (Wildman–Crippen MR) is 93.7 cm³/mol. The summed E-state index contributed by atoms with van der Waals surface area (Å²) in [6, 6.07) is 6.13. The second kappa shape index (κ2) is 8.32. The molecule has 11 heteroatoms. The molecule has 0 radical (unpaired) electrons. The highest BCUT2D eigenvalue weighted by atomic mass is 19.1. The van der Waals surface area contributed by atoms with Gasteiger partial charge in [0.25, 0.3) is 0 Å². The third-order valence-corrected chi connectivity index (χ3v) is 4.51. The highest BCUT2D eigenvalue weighted by Gasteiger charge is 2.48. The number of carboxylic acid groups (broad SMARTS) is 2. The third kappa shape index (κ3) is 4.09. The number of carbonyl (C=O) groups is 2. The van der Waals surface area contributed by atoms with Gasteiger partial charge in [-0.1, -0.05) is 6.07 Å². The summed E-state index contributed by atoms with van der Waals surface area (Å²) in [6.07, 6.45) is -9.54. The second-order valence-electron chi connectivity index (χ2n) is 6.49. The van der Waals surface area contributed by atoms with Gasteiger partial charge in [0.05, 0.1) is 0 Å². The summed E-state index contributed by atoms with van der Waals surface area (Å²) in [5.41, 5.74) is -0.496. The smallest absolute Gasteiger partial charge is 0.339 e. The molecule has 0 unspecified atom stereocenters. The van der Waals surface area contributed by atoms with E-state index in [-0.39, 0.29) is 16.9 Å². The molecule has 30 heavy (non-hydrogen) atoms. The fourth-order valence-electron chi connectivity index (χ4n) is 2.97. The van der Waals surface area contributed by atoms with Crippen molar-refractivity contribution in [2.75, 3.05) is 0 Å². The van der Waals surface area contributed by atoms with Gasteiger partial charge < -0.3 is 35.0 Å². The van der Waals surface area contributed by atoms with Crippen molar-refractivity contribution in [2.45, 2.75) is 30.7 Å². The third-order valence-electron chi connectivity index (χ3n) is 4.51. The van der Waals surface area contributed by atoms with Crippen molar-refractivity contribution in [3.8, 4) is 16.9 Å². The Morgan fingerprint density at radius 2 is 1.63 bits per heavy atom. The number of aromatic carboxylic acids is 1. The van der Waals surface area contributed by atoms with Crippen LogP contribution in [0.25, 0.3) is 11.1 Å². The number of benzene rings is 2. The fourth-order valence-corrected chi connectivity index (χ4v) is 2.97. The summed E-state index contributed by atoms with van der Waals surface area (Å²) in [7, 11) is 0. The number of halogens is 2. The van der Waals surface area contributed by atoms with E-state index in [9.17, 15) is 38.8 Å². The first-order chi connectivity index (χ1) is 14.1. The Hall–Kier alpha value is -3.12. The molecule has 3 rings (SSSR count). The molecule has 160 valence electrons. The van der Waals surface area contributed by atoms with Crippen LogP contribution in [0.3, 0.4) is 0 Å². The van der Waals surface area contributed by atoms with E-state index in [1.165, 1.54) is 6.07 Å². The Labute approximate surface area is 167 Å². The number of hydrogen-bond acceptors (Lipinski definition) is 7. The van der Waals surface area contributed by atoms with Gasteiger partial charge in [-0.15, -0.1) is 0 Å². The minimum Gasteiger partial charge on any atom is -0.479 e. The molecule has 1 aliphatic heterocycles. The van der Waals surface area contributed by atoms with Gasteiger partial charge in [0, 0.05) is 11.6 Å². The van der Waals surface area contributed by atoms with Gasteiger partial charge in [-0.25, -0.2) is 18.4 Å². The van der Waals surface area contributed by atoms with Crippen molar-refractivity contribution in [3.05, 3.63) is 53.6 Å². The first-order valence-corrected chi connectivity index (χ1v) is 8.52. The molecule has 0 bridgehead atoms. The molecule has 1 aliphatic rings. The summed E-state index contributed by atoms with van der Waals surface area (Å²) in [5.74, 6) is -5.26. The van der Waals surface area contributed by atoms with Crippen molar-refractivity contribution in [2.24, 2.45) is 0 Å². The summed E-state index contributed by atoms with van der Waals surface area (Å²) < 4.78 is 37.3. The van der Waals surface area contributed by atoms with Crippen LogP contribution in [0.15, 0.2) is 36.4 Å². The first-order valence-electron chi connectivity index (χ1n) is 8.52. The maximum Gasteiger partial charge on any atom is 0.339 e.